The first-order chi connectivity index (χ1) is 12.7. The molecule has 2 N–H and O–H groups in total. The van der Waals surface area contributed by atoms with Crippen molar-refractivity contribution >= 4 is 27.7 Å². The van der Waals surface area contributed by atoms with Crippen molar-refractivity contribution < 1.29 is 9.53 Å². The maximum Gasteiger partial charge on any atom is 0.249 e. The number of hydrogen-bond donors (Lipinski definition) is 1. The Labute approximate surface area is 151 Å². The van der Waals surface area contributed by atoms with E-state index < -0.39 is 5.91 Å². The lowest BCUT2D eigenvalue weighted by Crippen LogP contribution is -2.11. The molecule has 4 rings (SSSR count). The number of amides is 1. The molecule has 1 radical (unpaired) electrons. The predicted octanol–water partition coefficient (Wildman–Crippen LogP) is 3.28. The summed E-state index contributed by atoms with van der Waals surface area (Å²) >= 11 is 0. The summed E-state index contributed by atoms with van der Waals surface area (Å²) in [7, 11) is 1.67. The third-order valence-corrected chi connectivity index (χ3v) is 4.52. The van der Waals surface area contributed by atoms with Gasteiger partial charge in [0.1, 0.15) is 0 Å². The van der Waals surface area contributed by atoms with Crippen LogP contribution < -0.4 is 5.73 Å². The quantitative estimate of drug-likeness (QED) is 0.604. The van der Waals surface area contributed by atoms with E-state index in [0.717, 1.165) is 32.9 Å². The van der Waals surface area contributed by atoms with Crippen LogP contribution in [0.2, 0.25) is 0 Å². The first-order valence-electron chi connectivity index (χ1n) is 8.32. The fourth-order valence-electron chi connectivity index (χ4n) is 3.40. The second-order valence-corrected chi connectivity index (χ2v) is 6.21. The van der Waals surface area contributed by atoms with E-state index in [1.54, 1.807) is 25.6 Å². The molecule has 5 heteroatoms. The first kappa shape index (κ1) is 16.3. The van der Waals surface area contributed by atoms with E-state index in [9.17, 15) is 4.79 Å². The van der Waals surface area contributed by atoms with Gasteiger partial charge >= 0.3 is 0 Å². The molecule has 129 valence electrons. The van der Waals surface area contributed by atoms with E-state index in [-0.39, 0.29) is 0 Å². The third-order valence-electron chi connectivity index (χ3n) is 4.52. The lowest BCUT2D eigenvalue weighted by molar-refractivity contribution is 0.100. The number of rotatable bonds is 5. The number of carbonyl (C=O) groups excluding carboxylic acids is 1. The summed E-state index contributed by atoms with van der Waals surface area (Å²) in [6.45, 7) is 1.17. The lowest BCUT2D eigenvalue weighted by Gasteiger charge is -2.08. The molecule has 0 aliphatic carbocycles. The Bertz CT molecular complexity index is 1100. The van der Waals surface area contributed by atoms with Gasteiger partial charge in [0.15, 0.2) is 0 Å². The van der Waals surface area contributed by atoms with Crippen molar-refractivity contribution in [1.82, 2.24) is 9.55 Å². The minimum atomic E-state index is -0.437. The highest BCUT2D eigenvalue weighted by Gasteiger charge is 2.17. The van der Waals surface area contributed by atoms with Gasteiger partial charge in [-0.25, -0.2) is 0 Å². The van der Waals surface area contributed by atoms with Crippen LogP contribution in [0.15, 0.2) is 54.9 Å². The average Bonchev–Trinajstić information content (AvgIpc) is 2.96. The zero-order valence-electron chi connectivity index (χ0n) is 14.4. The van der Waals surface area contributed by atoms with Crippen molar-refractivity contribution in [3.05, 3.63) is 77.6 Å². The van der Waals surface area contributed by atoms with Crippen LogP contribution in [-0.4, -0.2) is 22.6 Å². The molecule has 0 aliphatic heterocycles. The number of hydrogen-bond acceptors (Lipinski definition) is 3. The normalized spacial score (nSPS) is 11.3. The van der Waals surface area contributed by atoms with Crippen LogP contribution in [0.25, 0.3) is 21.8 Å². The van der Waals surface area contributed by atoms with E-state index in [1.165, 1.54) is 0 Å². The minimum Gasteiger partial charge on any atom is -0.380 e. The molecule has 0 saturated heterocycles. The molecule has 0 fully saturated rings. The summed E-state index contributed by atoms with van der Waals surface area (Å²) in [4.78, 5) is 16.0. The molecular formula is C21H18N3O2. The van der Waals surface area contributed by atoms with Crippen molar-refractivity contribution in [3.8, 4) is 0 Å². The van der Waals surface area contributed by atoms with Crippen molar-refractivity contribution in [2.45, 2.75) is 13.2 Å². The van der Waals surface area contributed by atoms with Crippen molar-refractivity contribution in [2.24, 2.45) is 5.73 Å². The number of methoxy groups -OCH3 is 1. The second-order valence-electron chi connectivity index (χ2n) is 6.21. The van der Waals surface area contributed by atoms with Gasteiger partial charge in [-0.2, -0.15) is 0 Å². The van der Waals surface area contributed by atoms with E-state index in [0.29, 0.717) is 18.7 Å². The third kappa shape index (κ3) is 2.72. The zero-order chi connectivity index (χ0) is 18.1. The van der Waals surface area contributed by atoms with Crippen LogP contribution >= 0.6 is 0 Å². The molecule has 2 heterocycles. The first-order valence-corrected chi connectivity index (χ1v) is 8.32. The fraction of sp³-hybridized carbons (Fsp3) is 0.143. The molecule has 0 saturated carbocycles. The maximum atomic E-state index is 12.0. The van der Waals surface area contributed by atoms with Gasteiger partial charge in [0.05, 0.1) is 17.6 Å². The molecule has 5 nitrogen and oxygen atoms in total. The highest BCUT2D eigenvalue weighted by atomic mass is 16.5. The Morgan fingerprint density at radius 2 is 2.00 bits per heavy atom. The van der Waals surface area contributed by atoms with E-state index in [1.807, 2.05) is 30.3 Å². The van der Waals surface area contributed by atoms with Gasteiger partial charge < -0.3 is 15.0 Å². The minimum absolute atomic E-state index is 0.437. The number of aromatic nitrogens is 2. The van der Waals surface area contributed by atoms with Gasteiger partial charge in [-0.15, -0.1) is 0 Å². The Hall–Kier alpha value is -3.18. The summed E-state index contributed by atoms with van der Waals surface area (Å²) in [5.74, 6) is -0.437. The van der Waals surface area contributed by atoms with Gasteiger partial charge in [-0.1, -0.05) is 6.07 Å². The van der Waals surface area contributed by atoms with Crippen LogP contribution in [0.5, 0.6) is 0 Å². The number of nitrogens with zero attached hydrogens (tertiary/aromatic N) is 2. The molecule has 0 spiro atoms. The van der Waals surface area contributed by atoms with Gasteiger partial charge in [0, 0.05) is 42.4 Å². The second kappa shape index (κ2) is 6.61. The van der Waals surface area contributed by atoms with Gasteiger partial charge in [-0.3, -0.25) is 9.78 Å². The largest absolute Gasteiger partial charge is 0.380 e. The molecular weight excluding hydrogens is 326 g/mol. The average molecular weight is 344 g/mol. The fourth-order valence-corrected chi connectivity index (χ4v) is 3.40. The van der Waals surface area contributed by atoms with E-state index >= 15 is 0 Å². The summed E-state index contributed by atoms with van der Waals surface area (Å²) < 4.78 is 7.44. The van der Waals surface area contributed by atoms with E-state index in [2.05, 4.69) is 21.7 Å². The molecule has 2 aromatic carbocycles. The SMILES string of the molecule is COCc1c[c]c2c3c(C(N)=O)cccc3n(Cc3ccncc3)c2c1. The molecule has 1 amide bonds. The number of pyridine rings is 1. The number of benzene rings is 2. The zero-order valence-corrected chi connectivity index (χ0v) is 14.4. The summed E-state index contributed by atoms with van der Waals surface area (Å²) in [6.07, 6.45) is 3.56. The Kier molecular flexibility index (Phi) is 4.14. The Morgan fingerprint density at radius 1 is 1.19 bits per heavy atom. The molecule has 0 aliphatic rings. The number of nitrogens with two attached hydrogens (primary N) is 1. The smallest absolute Gasteiger partial charge is 0.249 e. The summed E-state index contributed by atoms with van der Waals surface area (Å²) in [5.41, 5.74) is 10.2. The lowest BCUT2D eigenvalue weighted by atomic mass is 10.0. The maximum absolute atomic E-state index is 12.0. The molecule has 4 aromatic rings. The van der Waals surface area contributed by atoms with Gasteiger partial charge in [0.2, 0.25) is 5.91 Å². The Morgan fingerprint density at radius 3 is 2.73 bits per heavy atom. The predicted molar refractivity (Wildman–Crippen MR) is 101 cm³/mol. The topological polar surface area (TPSA) is 70.1 Å². The molecule has 0 bridgehead atoms. The number of carbonyl (C=O) groups is 1. The molecule has 0 atom stereocenters. The highest BCUT2D eigenvalue weighted by molar-refractivity contribution is 6.17. The number of primary amides is 1. The van der Waals surface area contributed by atoms with Crippen molar-refractivity contribution in [1.29, 1.82) is 0 Å². The summed E-state index contributed by atoms with van der Waals surface area (Å²) in [6, 6.07) is 16.9. The van der Waals surface area contributed by atoms with Gasteiger partial charge in [-0.05, 0) is 53.6 Å². The summed E-state index contributed by atoms with van der Waals surface area (Å²) in [5, 5.41) is 1.73. The molecule has 26 heavy (non-hydrogen) atoms. The van der Waals surface area contributed by atoms with Crippen LogP contribution in [0.3, 0.4) is 0 Å². The van der Waals surface area contributed by atoms with E-state index in [4.69, 9.17) is 10.5 Å². The standard InChI is InChI=1S/C21H18N3O2/c1-26-13-15-5-6-16-19(11-15)24(12-14-7-9-23-10-8-14)18-4-2-3-17(20(16)18)21(22)25/h2-5,7-11H,12-13H2,1H3,(H2,22,25). The van der Waals surface area contributed by atoms with Crippen LogP contribution in [0.4, 0.5) is 0 Å². The highest BCUT2D eigenvalue weighted by Crippen LogP contribution is 2.32. The van der Waals surface area contributed by atoms with Crippen LogP contribution in [0.1, 0.15) is 21.5 Å². The van der Waals surface area contributed by atoms with Crippen molar-refractivity contribution in [2.75, 3.05) is 7.11 Å². The molecule has 2 aromatic heterocycles. The number of ether oxygens (including phenoxy) is 1. The monoisotopic (exact) mass is 344 g/mol. The van der Waals surface area contributed by atoms with Crippen LogP contribution in [0, 0.1) is 6.07 Å². The molecule has 0 unspecified atom stereocenters. The van der Waals surface area contributed by atoms with Crippen LogP contribution in [-0.2, 0) is 17.9 Å². The number of fused-ring (bicyclic) bond motifs is 3. The Balaban J connectivity index is 2.03. The van der Waals surface area contributed by atoms with Gasteiger partial charge in [0.25, 0.3) is 0 Å². The van der Waals surface area contributed by atoms with Crippen molar-refractivity contribution in [3.63, 3.8) is 0 Å².